The van der Waals surface area contributed by atoms with Crippen LogP contribution in [0.2, 0.25) is 15.1 Å². The molecule has 22 heavy (non-hydrogen) atoms. The number of rotatable bonds is 2. The van der Waals surface area contributed by atoms with Crippen LogP contribution in [0.4, 0.5) is 10.6 Å². The number of halogens is 3. The molecule has 2 aromatic rings. The number of benzene rings is 1. The van der Waals surface area contributed by atoms with Gasteiger partial charge in [0.15, 0.2) is 5.82 Å². The lowest BCUT2D eigenvalue weighted by atomic mass is 10.3. The van der Waals surface area contributed by atoms with E-state index in [0.717, 1.165) is 4.90 Å². The maximum atomic E-state index is 11.7. The number of carbonyl (C=O) groups is 1. The monoisotopic (exact) mass is 358 g/mol. The topological polar surface area (TPSA) is 71.2 Å². The number of amides is 1. The van der Waals surface area contributed by atoms with Gasteiger partial charge in [0.2, 0.25) is 0 Å². The van der Waals surface area contributed by atoms with Gasteiger partial charge in [0.05, 0.1) is 34.1 Å². The van der Waals surface area contributed by atoms with Crippen LogP contribution in [0.15, 0.2) is 18.3 Å². The molecular weight excluding hydrogens is 351 g/mol. The fourth-order valence-electron chi connectivity index (χ4n) is 1.82. The zero-order valence-corrected chi connectivity index (χ0v) is 13.7. The summed E-state index contributed by atoms with van der Waals surface area (Å²) in [6.45, 7) is 0. The van der Waals surface area contributed by atoms with E-state index in [1.165, 1.54) is 25.0 Å². The molecule has 0 radical (unpaired) electrons. The van der Waals surface area contributed by atoms with E-state index in [4.69, 9.17) is 34.8 Å². The molecule has 114 valence electrons. The number of nitriles is 1. The second-order valence-corrected chi connectivity index (χ2v) is 5.29. The summed E-state index contributed by atoms with van der Waals surface area (Å²) in [4.78, 5) is 12.9. The lowest BCUT2D eigenvalue weighted by molar-refractivity contribution is 0.180. The fraction of sp³-hybridized carbons (Fsp3) is 0.154. The highest BCUT2D eigenvalue weighted by Crippen LogP contribution is 2.36. The van der Waals surface area contributed by atoms with Crippen LogP contribution >= 0.6 is 34.8 Å². The molecule has 1 heterocycles. The second kappa shape index (κ2) is 6.44. The van der Waals surface area contributed by atoms with E-state index < -0.39 is 6.09 Å². The van der Waals surface area contributed by atoms with Crippen molar-refractivity contribution in [2.75, 3.05) is 19.1 Å². The first-order chi connectivity index (χ1) is 10.4. The molecular formula is C13H9Cl3N4O2. The summed E-state index contributed by atoms with van der Waals surface area (Å²) in [5, 5.41) is 13.9. The smallest absolute Gasteiger partial charge is 0.414 e. The Hall–Kier alpha value is -1.94. The number of methoxy groups -OCH3 is 1. The predicted molar refractivity (Wildman–Crippen MR) is 84.1 cm³/mol. The van der Waals surface area contributed by atoms with Crippen molar-refractivity contribution < 1.29 is 9.53 Å². The van der Waals surface area contributed by atoms with Crippen molar-refractivity contribution in [2.45, 2.75) is 0 Å². The molecule has 0 aliphatic heterocycles. The number of aromatic nitrogens is 2. The van der Waals surface area contributed by atoms with Crippen LogP contribution in [0.25, 0.3) is 5.69 Å². The Morgan fingerprint density at radius 1 is 1.36 bits per heavy atom. The third kappa shape index (κ3) is 2.71. The van der Waals surface area contributed by atoms with Crippen molar-refractivity contribution in [3.8, 4) is 11.8 Å². The van der Waals surface area contributed by atoms with Gasteiger partial charge in [-0.1, -0.05) is 34.8 Å². The minimum atomic E-state index is -0.658. The number of nitrogens with zero attached hydrogens (tertiary/aromatic N) is 4. The average Bonchev–Trinajstić information content (AvgIpc) is 2.94. The van der Waals surface area contributed by atoms with Crippen molar-refractivity contribution in [3.63, 3.8) is 0 Å². The molecule has 0 spiro atoms. The molecule has 6 nitrogen and oxygen atoms in total. The number of ether oxygens (including phenoxy) is 1. The van der Waals surface area contributed by atoms with E-state index in [9.17, 15) is 10.1 Å². The molecule has 1 amide bonds. The van der Waals surface area contributed by atoms with Gasteiger partial charge in [-0.25, -0.2) is 9.48 Å². The number of hydrogen-bond acceptors (Lipinski definition) is 4. The van der Waals surface area contributed by atoms with Crippen LogP contribution in [0, 0.1) is 11.3 Å². The zero-order valence-electron chi connectivity index (χ0n) is 11.5. The number of hydrogen-bond donors (Lipinski definition) is 0. The summed E-state index contributed by atoms with van der Waals surface area (Å²) >= 11 is 18.1. The normalized spacial score (nSPS) is 10.2. The SMILES string of the molecule is COC(=O)N(C)c1c(C#N)cnn1-c1ccc(Cl)c(Cl)c1Cl. The lowest BCUT2D eigenvalue weighted by Gasteiger charge is -2.18. The van der Waals surface area contributed by atoms with Crippen molar-refractivity contribution in [1.82, 2.24) is 9.78 Å². The maximum Gasteiger partial charge on any atom is 0.414 e. The van der Waals surface area contributed by atoms with Gasteiger partial charge in [-0.3, -0.25) is 4.90 Å². The summed E-state index contributed by atoms with van der Waals surface area (Å²) < 4.78 is 5.98. The molecule has 0 unspecified atom stereocenters. The van der Waals surface area contributed by atoms with E-state index in [1.54, 1.807) is 12.1 Å². The lowest BCUT2D eigenvalue weighted by Crippen LogP contribution is -2.28. The molecule has 0 bridgehead atoms. The first-order valence-electron chi connectivity index (χ1n) is 5.86. The fourth-order valence-corrected chi connectivity index (χ4v) is 2.43. The largest absolute Gasteiger partial charge is 0.452 e. The molecule has 0 saturated heterocycles. The molecule has 0 aliphatic carbocycles. The molecule has 2 rings (SSSR count). The summed E-state index contributed by atoms with van der Waals surface area (Å²) in [5.41, 5.74) is 0.554. The zero-order chi connectivity index (χ0) is 16.4. The van der Waals surface area contributed by atoms with Gasteiger partial charge in [0.1, 0.15) is 11.6 Å². The molecule has 0 aliphatic rings. The quantitative estimate of drug-likeness (QED) is 0.762. The van der Waals surface area contributed by atoms with E-state index in [2.05, 4.69) is 9.84 Å². The van der Waals surface area contributed by atoms with Gasteiger partial charge >= 0.3 is 6.09 Å². The van der Waals surface area contributed by atoms with Gasteiger partial charge in [-0.2, -0.15) is 10.4 Å². The van der Waals surface area contributed by atoms with Crippen LogP contribution in [0.3, 0.4) is 0 Å². The highest BCUT2D eigenvalue weighted by atomic mass is 35.5. The van der Waals surface area contributed by atoms with Crippen LogP contribution < -0.4 is 4.90 Å². The van der Waals surface area contributed by atoms with E-state index in [-0.39, 0.29) is 26.4 Å². The molecule has 0 atom stereocenters. The minimum absolute atomic E-state index is 0.154. The van der Waals surface area contributed by atoms with Crippen LogP contribution in [-0.4, -0.2) is 30.0 Å². The summed E-state index contributed by atoms with van der Waals surface area (Å²) in [6.07, 6.45) is 0.655. The Morgan fingerprint density at radius 3 is 2.64 bits per heavy atom. The summed E-state index contributed by atoms with van der Waals surface area (Å²) in [5.74, 6) is 0.203. The van der Waals surface area contributed by atoms with Gasteiger partial charge < -0.3 is 4.74 Å². The first kappa shape index (κ1) is 16.4. The molecule has 9 heteroatoms. The third-order valence-electron chi connectivity index (χ3n) is 2.87. The van der Waals surface area contributed by atoms with Crippen LogP contribution in [-0.2, 0) is 4.74 Å². The Bertz CT molecular complexity index is 782. The Kier molecular flexibility index (Phi) is 4.81. The van der Waals surface area contributed by atoms with Crippen molar-refractivity contribution in [1.29, 1.82) is 5.26 Å². The molecule has 0 N–H and O–H groups in total. The second-order valence-electron chi connectivity index (χ2n) is 4.13. The van der Waals surface area contributed by atoms with Crippen molar-refractivity contribution in [3.05, 3.63) is 39.0 Å². The minimum Gasteiger partial charge on any atom is -0.452 e. The molecule has 0 saturated carbocycles. The van der Waals surface area contributed by atoms with Gasteiger partial charge in [0.25, 0.3) is 0 Å². The number of carbonyl (C=O) groups excluding carboxylic acids is 1. The standard InChI is InChI=1S/C13H9Cl3N4O2/c1-19(13(21)22-2)12-7(5-17)6-18-20(12)9-4-3-8(14)10(15)11(9)16/h3-4,6H,1-2H3. The van der Waals surface area contributed by atoms with E-state index >= 15 is 0 Å². The Morgan fingerprint density at radius 2 is 2.05 bits per heavy atom. The highest BCUT2D eigenvalue weighted by Gasteiger charge is 2.23. The third-order valence-corrected chi connectivity index (χ3v) is 4.16. The summed E-state index contributed by atoms with van der Waals surface area (Å²) in [7, 11) is 2.68. The van der Waals surface area contributed by atoms with Crippen molar-refractivity contribution >= 4 is 46.7 Å². The van der Waals surface area contributed by atoms with Crippen LogP contribution in [0.1, 0.15) is 5.56 Å². The maximum absolute atomic E-state index is 11.7. The van der Waals surface area contributed by atoms with Gasteiger partial charge in [-0.05, 0) is 12.1 Å². The van der Waals surface area contributed by atoms with E-state index in [1.807, 2.05) is 6.07 Å². The molecule has 1 aromatic heterocycles. The van der Waals surface area contributed by atoms with E-state index in [0.29, 0.717) is 5.69 Å². The highest BCUT2D eigenvalue weighted by molar-refractivity contribution is 6.48. The predicted octanol–water partition coefficient (Wildman–Crippen LogP) is 3.91. The average molecular weight is 360 g/mol. The van der Waals surface area contributed by atoms with Crippen LogP contribution in [0.5, 0.6) is 0 Å². The number of anilines is 1. The Balaban J connectivity index is 2.68. The first-order valence-corrected chi connectivity index (χ1v) is 6.99. The van der Waals surface area contributed by atoms with Gasteiger partial charge in [-0.15, -0.1) is 0 Å². The van der Waals surface area contributed by atoms with Gasteiger partial charge in [0, 0.05) is 7.05 Å². The molecule has 0 fully saturated rings. The Labute approximate surface area is 141 Å². The molecule has 1 aromatic carbocycles. The van der Waals surface area contributed by atoms with Crippen molar-refractivity contribution in [2.24, 2.45) is 0 Å². The summed E-state index contributed by atoms with van der Waals surface area (Å²) in [6, 6.07) is 5.08.